The van der Waals surface area contributed by atoms with Crippen LogP contribution in [0.4, 0.5) is 11.4 Å². The van der Waals surface area contributed by atoms with Gasteiger partial charge in [0, 0.05) is 24.3 Å². The molecule has 0 bridgehead atoms. The van der Waals surface area contributed by atoms with Gasteiger partial charge in [-0.25, -0.2) is 0 Å². The first-order valence-electron chi connectivity index (χ1n) is 8.16. The van der Waals surface area contributed by atoms with Crippen molar-refractivity contribution in [3.63, 3.8) is 0 Å². The number of carbonyl (C=O) groups excluding carboxylic acids is 2. The van der Waals surface area contributed by atoms with E-state index in [0.717, 1.165) is 35.8 Å². The van der Waals surface area contributed by atoms with Crippen LogP contribution in [0.1, 0.15) is 17.7 Å². The zero-order valence-electron chi connectivity index (χ0n) is 13.7. The van der Waals surface area contributed by atoms with E-state index in [1.165, 1.54) is 4.88 Å². The Morgan fingerprint density at radius 2 is 2.08 bits per heavy atom. The zero-order chi connectivity index (χ0) is 16.9. The van der Waals surface area contributed by atoms with Gasteiger partial charge < -0.3 is 15.1 Å². The van der Waals surface area contributed by atoms with Crippen LogP contribution < -0.4 is 15.1 Å². The number of benzene rings is 1. The maximum absolute atomic E-state index is 12.2. The molecule has 3 rings (SSSR count). The van der Waals surface area contributed by atoms with Crippen LogP contribution in [0.2, 0.25) is 0 Å². The molecular formula is C18H22N3O2S+. The van der Waals surface area contributed by atoms with Gasteiger partial charge in [0.2, 0.25) is 5.91 Å². The third-order valence-corrected chi connectivity index (χ3v) is 4.93. The summed E-state index contributed by atoms with van der Waals surface area (Å²) in [5.41, 5.74) is 1.66. The highest BCUT2D eigenvalue weighted by Gasteiger charge is 2.21. The summed E-state index contributed by atoms with van der Waals surface area (Å²) in [5.74, 6) is 0.166. The first-order chi connectivity index (χ1) is 11.6. The van der Waals surface area contributed by atoms with Gasteiger partial charge in [-0.2, -0.15) is 0 Å². The Morgan fingerprint density at radius 3 is 2.71 bits per heavy atom. The van der Waals surface area contributed by atoms with E-state index >= 15 is 0 Å². The minimum absolute atomic E-state index is 0.00550. The number of thiophene rings is 1. The lowest BCUT2D eigenvalue weighted by atomic mass is 10.2. The number of nitrogens with one attached hydrogen (secondary N) is 2. The predicted molar refractivity (Wildman–Crippen MR) is 96.4 cm³/mol. The summed E-state index contributed by atoms with van der Waals surface area (Å²) in [4.78, 5) is 28.1. The second-order valence-corrected chi connectivity index (χ2v) is 7.17. The lowest BCUT2D eigenvalue weighted by Crippen LogP contribution is -3.08. The fourth-order valence-electron chi connectivity index (χ4n) is 2.90. The second kappa shape index (κ2) is 7.59. The van der Waals surface area contributed by atoms with Gasteiger partial charge in [-0.1, -0.05) is 6.07 Å². The molecule has 24 heavy (non-hydrogen) atoms. The molecule has 0 radical (unpaired) electrons. The highest BCUT2D eigenvalue weighted by atomic mass is 32.1. The van der Waals surface area contributed by atoms with E-state index in [0.29, 0.717) is 13.0 Å². The van der Waals surface area contributed by atoms with Crippen molar-refractivity contribution in [3.8, 4) is 0 Å². The molecule has 1 aromatic carbocycles. The van der Waals surface area contributed by atoms with Gasteiger partial charge in [0.1, 0.15) is 6.54 Å². The molecule has 2 aromatic rings. The van der Waals surface area contributed by atoms with E-state index in [1.807, 2.05) is 37.4 Å². The van der Waals surface area contributed by atoms with Crippen molar-refractivity contribution < 1.29 is 14.5 Å². The maximum atomic E-state index is 12.2. The number of rotatable bonds is 6. The fourth-order valence-corrected chi connectivity index (χ4v) is 3.72. The van der Waals surface area contributed by atoms with Crippen molar-refractivity contribution in [2.45, 2.75) is 19.4 Å². The standard InChI is InChI=1S/C18H21N3O2S/c1-20(12-16-4-3-11-24-16)13-17(22)19-14-6-8-15(9-7-14)21-10-2-5-18(21)23/h3-4,6-9,11H,2,5,10,12-13H2,1H3,(H,19,22)/p+1. The minimum atomic E-state index is -0.00550. The summed E-state index contributed by atoms with van der Waals surface area (Å²) in [7, 11) is 2.02. The molecular weight excluding hydrogens is 322 g/mol. The summed E-state index contributed by atoms with van der Waals surface area (Å²) in [6.45, 7) is 2.05. The van der Waals surface area contributed by atoms with Crippen molar-refractivity contribution in [2.24, 2.45) is 0 Å². The van der Waals surface area contributed by atoms with Crippen LogP contribution >= 0.6 is 11.3 Å². The average Bonchev–Trinajstić information content (AvgIpc) is 3.19. The van der Waals surface area contributed by atoms with Gasteiger partial charge in [0.05, 0.1) is 11.9 Å². The Kier molecular flexibility index (Phi) is 5.27. The van der Waals surface area contributed by atoms with E-state index in [9.17, 15) is 9.59 Å². The summed E-state index contributed by atoms with van der Waals surface area (Å²) in [5, 5.41) is 4.97. The van der Waals surface area contributed by atoms with E-state index in [2.05, 4.69) is 16.8 Å². The highest BCUT2D eigenvalue weighted by Crippen LogP contribution is 2.22. The number of amides is 2. The molecule has 0 saturated carbocycles. The van der Waals surface area contributed by atoms with E-state index in [-0.39, 0.29) is 11.8 Å². The minimum Gasteiger partial charge on any atom is -0.325 e. The van der Waals surface area contributed by atoms with Gasteiger partial charge in [-0.15, -0.1) is 11.3 Å². The Bertz CT molecular complexity index is 698. The zero-order valence-corrected chi connectivity index (χ0v) is 14.6. The van der Waals surface area contributed by atoms with Gasteiger partial charge in [-0.3, -0.25) is 9.59 Å². The fraction of sp³-hybridized carbons (Fsp3) is 0.333. The van der Waals surface area contributed by atoms with Crippen LogP contribution in [0.3, 0.4) is 0 Å². The van der Waals surface area contributed by atoms with Crippen LogP contribution in [-0.4, -0.2) is 32.0 Å². The number of nitrogens with zero attached hydrogens (tertiary/aromatic N) is 1. The molecule has 2 amide bonds. The number of carbonyl (C=O) groups is 2. The molecule has 0 spiro atoms. The van der Waals surface area contributed by atoms with Crippen LogP contribution in [0.15, 0.2) is 41.8 Å². The quantitative estimate of drug-likeness (QED) is 0.835. The van der Waals surface area contributed by atoms with E-state index < -0.39 is 0 Å². The molecule has 1 fully saturated rings. The van der Waals surface area contributed by atoms with Crippen LogP contribution in [-0.2, 0) is 16.1 Å². The Morgan fingerprint density at radius 1 is 1.29 bits per heavy atom. The Labute approximate surface area is 145 Å². The number of likely N-dealkylation sites (N-methyl/N-ethyl adjacent to an activating group) is 1. The number of hydrogen-bond donors (Lipinski definition) is 2. The summed E-state index contributed by atoms with van der Waals surface area (Å²) in [6.07, 6.45) is 1.54. The number of hydrogen-bond acceptors (Lipinski definition) is 3. The highest BCUT2D eigenvalue weighted by molar-refractivity contribution is 7.09. The lowest BCUT2D eigenvalue weighted by Gasteiger charge is -2.16. The molecule has 1 unspecified atom stereocenters. The van der Waals surface area contributed by atoms with Crippen molar-refractivity contribution in [1.82, 2.24) is 0 Å². The molecule has 0 aliphatic carbocycles. The van der Waals surface area contributed by atoms with Gasteiger partial charge >= 0.3 is 0 Å². The molecule has 1 atom stereocenters. The first kappa shape index (κ1) is 16.7. The third kappa shape index (κ3) is 4.21. The van der Waals surface area contributed by atoms with Crippen molar-refractivity contribution >= 4 is 34.5 Å². The van der Waals surface area contributed by atoms with Gasteiger partial charge in [0.25, 0.3) is 5.91 Å². The van der Waals surface area contributed by atoms with Crippen molar-refractivity contribution in [1.29, 1.82) is 0 Å². The average molecular weight is 344 g/mol. The molecule has 1 aliphatic heterocycles. The monoisotopic (exact) mass is 344 g/mol. The molecule has 6 heteroatoms. The maximum Gasteiger partial charge on any atom is 0.279 e. The summed E-state index contributed by atoms with van der Waals surface area (Å²) in [6, 6.07) is 11.6. The van der Waals surface area contributed by atoms with E-state index in [1.54, 1.807) is 16.2 Å². The van der Waals surface area contributed by atoms with Crippen LogP contribution in [0.5, 0.6) is 0 Å². The molecule has 1 saturated heterocycles. The smallest absolute Gasteiger partial charge is 0.279 e. The van der Waals surface area contributed by atoms with E-state index in [4.69, 9.17) is 0 Å². The van der Waals surface area contributed by atoms with Crippen LogP contribution in [0.25, 0.3) is 0 Å². The molecule has 126 valence electrons. The topological polar surface area (TPSA) is 53.9 Å². The normalized spacial score (nSPS) is 15.5. The number of anilines is 2. The molecule has 2 N–H and O–H groups in total. The molecule has 1 aromatic heterocycles. The molecule has 1 aliphatic rings. The number of quaternary nitrogens is 1. The third-order valence-electron chi connectivity index (χ3n) is 4.05. The lowest BCUT2D eigenvalue weighted by molar-refractivity contribution is -0.884. The van der Waals surface area contributed by atoms with Crippen molar-refractivity contribution in [3.05, 3.63) is 46.7 Å². The molecule has 5 nitrogen and oxygen atoms in total. The van der Waals surface area contributed by atoms with Gasteiger partial charge in [-0.05, 0) is 42.1 Å². The van der Waals surface area contributed by atoms with Crippen LogP contribution in [0, 0.1) is 0 Å². The Balaban J connectivity index is 1.51. The molecule has 2 heterocycles. The first-order valence-corrected chi connectivity index (χ1v) is 9.04. The SMILES string of the molecule is C[NH+](CC(=O)Nc1ccc(N2CCCC2=O)cc1)Cc1cccs1. The summed E-state index contributed by atoms with van der Waals surface area (Å²) < 4.78 is 0. The summed E-state index contributed by atoms with van der Waals surface area (Å²) >= 11 is 1.71. The van der Waals surface area contributed by atoms with Crippen molar-refractivity contribution in [2.75, 3.05) is 30.4 Å². The van der Waals surface area contributed by atoms with Gasteiger partial charge in [0.15, 0.2) is 6.54 Å². The largest absolute Gasteiger partial charge is 0.325 e. The predicted octanol–water partition coefficient (Wildman–Crippen LogP) is 1.53. The Hall–Kier alpha value is -2.18. The second-order valence-electron chi connectivity index (χ2n) is 6.13.